The molecule has 1 N–H and O–H groups in total. The maximum Gasteiger partial charge on any atom is 0.305 e. The van der Waals surface area contributed by atoms with Crippen molar-refractivity contribution in [1.82, 2.24) is 0 Å². The molecular formula is C18H30O5. The van der Waals surface area contributed by atoms with Crippen LogP contribution in [0.1, 0.15) is 71.6 Å². The van der Waals surface area contributed by atoms with Crippen molar-refractivity contribution in [2.24, 2.45) is 11.8 Å². The van der Waals surface area contributed by atoms with E-state index in [-0.39, 0.29) is 35.8 Å². The van der Waals surface area contributed by atoms with Gasteiger partial charge in [-0.05, 0) is 39.0 Å². The molecule has 3 unspecified atom stereocenters. The lowest BCUT2D eigenvalue weighted by atomic mass is 9.85. The van der Waals surface area contributed by atoms with E-state index in [1.165, 1.54) is 0 Å². The van der Waals surface area contributed by atoms with Gasteiger partial charge in [-0.2, -0.15) is 0 Å². The molecule has 132 valence electrons. The minimum atomic E-state index is -0.587. The number of carbonyl (C=O) groups is 3. The number of Topliss-reactive ketones (excluding diaryl/α,β-unsaturated/α-hetero) is 2. The Labute approximate surface area is 138 Å². The van der Waals surface area contributed by atoms with E-state index in [0.29, 0.717) is 25.9 Å². The van der Waals surface area contributed by atoms with Crippen LogP contribution in [0.4, 0.5) is 0 Å². The van der Waals surface area contributed by atoms with Crippen molar-refractivity contribution < 1.29 is 24.2 Å². The maximum atomic E-state index is 12.0. The first-order valence-corrected chi connectivity index (χ1v) is 8.81. The average Bonchev–Trinajstić information content (AvgIpc) is 2.74. The minimum absolute atomic E-state index is 0.0640. The Kier molecular flexibility index (Phi) is 9.07. The molecule has 0 aromatic rings. The second-order valence-corrected chi connectivity index (χ2v) is 6.51. The van der Waals surface area contributed by atoms with Gasteiger partial charge in [0.05, 0.1) is 12.7 Å². The molecule has 1 aliphatic carbocycles. The largest absolute Gasteiger partial charge is 0.466 e. The molecule has 5 nitrogen and oxygen atoms in total. The summed E-state index contributed by atoms with van der Waals surface area (Å²) in [5.74, 6) is -0.0712. The highest BCUT2D eigenvalue weighted by atomic mass is 16.5. The van der Waals surface area contributed by atoms with Crippen LogP contribution < -0.4 is 0 Å². The topological polar surface area (TPSA) is 80.7 Å². The maximum absolute atomic E-state index is 12.0. The number of aliphatic hydroxyl groups excluding tert-OH is 1. The first-order valence-electron chi connectivity index (χ1n) is 8.81. The molecule has 0 radical (unpaired) electrons. The number of ether oxygens (including phenoxy) is 1. The Morgan fingerprint density at radius 3 is 2.48 bits per heavy atom. The smallest absolute Gasteiger partial charge is 0.305 e. The van der Waals surface area contributed by atoms with Crippen LogP contribution in [0.3, 0.4) is 0 Å². The Morgan fingerprint density at radius 2 is 1.83 bits per heavy atom. The number of hydrogen-bond acceptors (Lipinski definition) is 5. The monoisotopic (exact) mass is 326 g/mol. The highest BCUT2D eigenvalue weighted by Gasteiger charge is 2.40. The lowest BCUT2D eigenvalue weighted by molar-refractivity contribution is -0.143. The average molecular weight is 326 g/mol. The molecule has 0 aliphatic heterocycles. The minimum Gasteiger partial charge on any atom is -0.466 e. The van der Waals surface area contributed by atoms with Gasteiger partial charge in [0.15, 0.2) is 0 Å². The van der Waals surface area contributed by atoms with Crippen LogP contribution >= 0.6 is 0 Å². The standard InChI is InChI=1S/C18H30O5/c1-3-23-18(22)9-7-5-4-6-8-14-15(11-10-13(2)19)17(21)12-16(14)20/h14-15,17,21H,3-12H2,1-2H3. The van der Waals surface area contributed by atoms with Crippen molar-refractivity contribution in [3.8, 4) is 0 Å². The second kappa shape index (κ2) is 10.5. The molecule has 0 spiro atoms. The summed E-state index contributed by atoms with van der Waals surface area (Å²) in [6.07, 6.45) is 5.57. The molecule has 0 saturated heterocycles. The summed E-state index contributed by atoms with van der Waals surface area (Å²) in [6.45, 7) is 3.77. The molecule has 0 aromatic heterocycles. The van der Waals surface area contributed by atoms with Crippen molar-refractivity contribution in [2.45, 2.75) is 77.7 Å². The normalized spacial score (nSPS) is 24.0. The Hall–Kier alpha value is -1.23. The van der Waals surface area contributed by atoms with E-state index in [0.717, 1.165) is 32.1 Å². The third kappa shape index (κ3) is 7.25. The van der Waals surface area contributed by atoms with E-state index >= 15 is 0 Å². The number of rotatable bonds is 11. The van der Waals surface area contributed by atoms with Crippen LogP contribution in [0.25, 0.3) is 0 Å². The van der Waals surface area contributed by atoms with Gasteiger partial charge in [0, 0.05) is 25.2 Å². The molecule has 1 fully saturated rings. The Balaban J connectivity index is 2.24. The van der Waals surface area contributed by atoms with Gasteiger partial charge in [-0.1, -0.05) is 19.3 Å². The molecule has 3 atom stereocenters. The molecular weight excluding hydrogens is 296 g/mol. The van der Waals surface area contributed by atoms with Crippen LogP contribution in [-0.2, 0) is 19.1 Å². The van der Waals surface area contributed by atoms with E-state index in [9.17, 15) is 19.5 Å². The number of carbonyl (C=O) groups excluding carboxylic acids is 3. The van der Waals surface area contributed by atoms with Crippen LogP contribution in [0, 0.1) is 11.8 Å². The van der Waals surface area contributed by atoms with E-state index in [1.807, 2.05) is 0 Å². The van der Waals surface area contributed by atoms with Gasteiger partial charge < -0.3 is 14.6 Å². The third-order valence-corrected chi connectivity index (χ3v) is 4.62. The van der Waals surface area contributed by atoms with Crippen molar-refractivity contribution >= 4 is 17.5 Å². The van der Waals surface area contributed by atoms with Gasteiger partial charge in [-0.3, -0.25) is 9.59 Å². The predicted octanol–water partition coefficient (Wildman–Crippen LogP) is 2.83. The zero-order chi connectivity index (χ0) is 17.2. The van der Waals surface area contributed by atoms with E-state index in [4.69, 9.17) is 4.74 Å². The van der Waals surface area contributed by atoms with Gasteiger partial charge in [-0.15, -0.1) is 0 Å². The van der Waals surface area contributed by atoms with Gasteiger partial charge in [0.1, 0.15) is 11.6 Å². The summed E-state index contributed by atoms with van der Waals surface area (Å²) in [5, 5.41) is 10.0. The summed E-state index contributed by atoms with van der Waals surface area (Å²) in [5.41, 5.74) is 0. The molecule has 1 aliphatic rings. The van der Waals surface area contributed by atoms with Crippen molar-refractivity contribution in [2.75, 3.05) is 6.61 Å². The zero-order valence-corrected chi connectivity index (χ0v) is 14.4. The SMILES string of the molecule is CCOC(=O)CCCCCCC1C(=O)CC(O)C1CCC(C)=O. The third-order valence-electron chi connectivity index (χ3n) is 4.62. The fourth-order valence-electron chi connectivity index (χ4n) is 3.37. The van der Waals surface area contributed by atoms with Crippen LogP contribution in [-0.4, -0.2) is 35.4 Å². The van der Waals surface area contributed by atoms with Crippen LogP contribution in [0.2, 0.25) is 0 Å². The summed E-state index contributed by atoms with van der Waals surface area (Å²) in [7, 11) is 0. The Bertz CT molecular complexity index is 404. The second-order valence-electron chi connectivity index (χ2n) is 6.51. The number of aliphatic hydroxyl groups is 1. The quantitative estimate of drug-likeness (QED) is 0.466. The van der Waals surface area contributed by atoms with E-state index in [2.05, 4.69) is 0 Å². The summed E-state index contributed by atoms with van der Waals surface area (Å²) < 4.78 is 4.88. The molecule has 0 bridgehead atoms. The highest BCUT2D eigenvalue weighted by Crippen LogP contribution is 2.36. The first-order chi connectivity index (χ1) is 11.0. The Morgan fingerprint density at radius 1 is 1.13 bits per heavy atom. The fourth-order valence-corrected chi connectivity index (χ4v) is 3.37. The van der Waals surface area contributed by atoms with Gasteiger partial charge in [0.25, 0.3) is 0 Å². The van der Waals surface area contributed by atoms with Gasteiger partial charge >= 0.3 is 5.97 Å². The summed E-state index contributed by atoms with van der Waals surface area (Å²) in [4.78, 5) is 34.4. The molecule has 23 heavy (non-hydrogen) atoms. The van der Waals surface area contributed by atoms with E-state index < -0.39 is 6.10 Å². The first kappa shape index (κ1) is 19.8. The molecule has 5 heteroatoms. The van der Waals surface area contributed by atoms with Crippen LogP contribution in [0.15, 0.2) is 0 Å². The number of ketones is 2. The van der Waals surface area contributed by atoms with Crippen LogP contribution in [0.5, 0.6) is 0 Å². The fraction of sp³-hybridized carbons (Fsp3) is 0.833. The van der Waals surface area contributed by atoms with Crippen molar-refractivity contribution in [3.63, 3.8) is 0 Å². The molecule has 0 heterocycles. The number of esters is 1. The lowest BCUT2D eigenvalue weighted by Gasteiger charge is -2.20. The zero-order valence-electron chi connectivity index (χ0n) is 14.4. The molecule has 1 saturated carbocycles. The number of hydrogen-bond donors (Lipinski definition) is 1. The van der Waals surface area contributed by atoms with E-state index in [1.54, 1.807) is 13.8 Å². The highest BCUT2D eigenvalue weighted by molar-refractivity contribution is 5.84. The van der Waals surface area contributed by atoms with Crippen molar-refractivity contribution in [3.05, 3.63) is 0 Å². The predicted molar refractivity (Wildman–Crippen MR) is 86.9 cm³/mol. The molecule has 0 aromatic carbocycles. The summed E-state index contributed by atoms with van der Waals surface area (Å²) >= 11 is 0. The molecule has 0 amide bonds. The van der Waals surface area contributed by atoms with Gasteiger partial charge in [0.2, 0.25) is 0 Å². The molecule has 1 rings (SSSR count). The van der Waals surface area contributed by atoms with Gasteiger partial charge in [-0.25, -0.2) is 0 Å². The summed E-state index contributed by atoms with van der Waals surface area (Å²) in [6, 6.07) is 0. The van der Waals surface area contributed by atoms with Crippen molar-refractivity contribution in [1.29, 1.82) is 0 Å². The lowest BCUT2D eigenvalue weighted by Crippen LogP contribution is -2.21. The number of unbranched alkanes of at least 4 members (excludes halogenated alkanes) is 3.